The second-order valence-corrected chi connectivity index (χ2v) is 10.4. The lowest BCUT2D eigenvalue weighted by Gasteiger charge is -2.51. The monoisotopic (exact) mass is 515 g/mol. The number of fused-ring (bicyclic) bond motifs is 2. The van der Waals surface area contributed by atoms with E-state index < -0.39 is 0 Å². The molecule has 38 heavy (non-hydrogen) atoms. The molecular weight excluding hydrogens is 478 g/mol. The van der Waals surface area contributed by atoms with Gasteiger partial charge < -0.3 is 25.5 Å². The Morgan fingerprint density at radius 2 is 1.82 bits per heavy atom. The first-order valence-corrected chi connectivity index (χ1v) is 13.3. The Morgan fingerprint density at radius 3 is 2.58 bits per heavy atom. The van der Waals surface area contributed by atoms with Gasteiger partial charge in [0, 0.05) is 100 Å². The van der Waals surface area contributed by atoms with Crippen LogP contribution in [0, 0.1) is 18.3 Å². The summed E-state index contributed by atoms with van der Waals surface area (Å²) in [5.41, 5.74) is 9.70. The van der Waals surface area contributed by atoms with Crippen molar-refractivity contribution in [2.45, 2.75) is 38.4 Å². The van der Waals surface area contributed by atoms with E-state index in [1.54, 1.807) is 6.20 Å². The van der Waals surface area contributed by atoms with Crippen molar-refractivity contribution in [3.63, 3.8) is 0 Å². The maximum atomic E-state index is 9.56. The van der Waals surface area contributed by atoms with E-state index in [4.69, 9.17) is 20.8 Å². The van der Waals surface area contributed by atoms with E-state index in [0.717, 1.165) is 93.4 Å². The quantitative estimate of drug-likeness (QED) is 0.533. The first-order valence-electron chi connectivity index (χ1n) is 13.3. The summed E-state index contributed by atoms with van der Waals surface area (Å²) in [7, 11) is 1.00. The van der Waals surface area contributed by atoms with Gasteiger partial charge in [0.05, 0.1) is 11.1 Å². The first kappa shape index (κ1) is 26.1. The molecule has 6 rings (SSSR count). The van der Waals surface area contributed by atoms with Gasteiger partial charge in [-0.1, -0.05) is 0 Å². The molecule has 10 heteroatoms. The molecule has 0 saturated carbocycles. The van der Waals surface area contributed by atoms with Crippen molar-refractivity contribution < 1.29 is 5.11 Å². The van der Waals surface area contributed by atoms with Crippen LogP contribution in [0.3, 0.4) is 0 Å². The summed E-state index contributed by atoms with van der Waals surface area (Å²) in [6.45, 7) is 10.9. The highest BCUT2D eigenvalue weighted by atomic mass is 16.2. The molecule has 3 aromatic rings. The number of aliphatic hydroxyl groups excluding tert-OH is 1. The summed E-state index contributed by atoms with van der Waals surface area (Å²) in [5, 5.41) is 17.6. The normalized spacial score (nSPS) is 23.6. The molecule has 3 fully saturated rings. The number of nitrogens with zero attached hydrogens (tertiary/aromatic N) is 8. The number of nitriles is 1. The highest BCUT2D eigenvalue weighted by molar-refractivity contribution is 5.95. The molecule has 3 aliphatic heterocycles. The summed E-state index contributed by atoms with van der Waals surface area (Å²) in [4.78, 5) is 24.0. The lowest BCUT2D eigenvalue weighted by molar-refractivity contribution is 0.108. The van der Waals surface area contributed by atoms with Crippen molar-refractivity contribution in [3.8, 4) is 6.07 Å². The van der Waals surface area contributed by atoms with Gasteiger partial charge in [-0.3, -0.25) is 9.88 Å². The predicted octanol–water partition coefficient (Wildman–Crippen LogP) is 1.75. The molecule has 1 aromatic carbocycles. The third-order valence-corrected chi connectivity index (χ3v) is 7.88. The first-order chi connectivity index (χ1) is 18.5. The Labute approximate surface area is 224 Å². The zero-order valence-corrected chi connectivity index (χ0v) is 22.5. The van der Waals surface area contributed by atoms with Gasteiger partial charge in [0.2, 0.25) is 5.95 Å². The third kappa shape index (κ3) is 4.97. The van der Waals surface area contributed by atoms with Gasteiger partial charge in [-0.2, -0.15) is 10.2 Å². The molecule has 200 valence electrons. The largest absolute Gasteiger partial charge is 0.400 e. The van der Waals surface area contributed by atoms with Crippen molar-refractivity contribution in [1.82, 2.24) is 19.9 Å². The summed E-state index contributed by atoms with van der Waals surface area (Å²) in [6.07, 6.45) is 2.75. The number of aromatic nitrogens is 3. The van der Waals surface area contributed by atoms with Crippen LogP contribution < -0.4 is 20.4 Å². The van der Waals surface area contributed by atoms with Gasteiger partial charge in [0.25, 0.3) is 0 Å². The minimum Gasteiger partial charge on any atom is -0.400 e. The summed E-state index contributed by atoms with van der Waals surface area (Å²) in [5.74, 6) is 1.81. The molecule has 3 atom stereocenters. The second kappa shape index (κ2) is 11.1. The van der Waals surface area contributed by atoms with Crippen molar-refractivity contribution in [2.24, 2.45) is 5.73 Å². The van der Waals surface area contributed by atoms with Gasteiger partial charge >= 0.3 is 0 Å². The summed E-state index contributed by atoms with van der Waals surface area (Å²) < 4.78 is 0. The number of pyridine rings is 1. The maximum absolute atomic E-state index is 9.56. The van der Waals surface area contributed by atoms with Crippen LogP contribution >= 0.6 is 0 Å². The number of hydrogen-bond donors (Lipinski definition) is 2. The van der Waals surface area contributed by atoms with E-state index in [2.05, 4.69) is 62.7 Å². The summed E-state index contributed by atoms with van der Waals surface area (Å²) in [6, 6.07) is 13.4. The van der Waals surface area contributed by atoms with E-state index in [9.17, 15) is 5.26 Å². The van der Waals surface area contributed by atoms with Crippen LogP contribution in [-0.2, 0) is 0 Å². The van der Waals surface area contributed by atoms with Crippen LogP contribution in [0.5, 0.6) is 0 Å². The SMILES string of the molecule is CO.Cc1cc(N2CCN3C(C)CN(c4ccc(C#N)c5ncccc45)CC3C2)nc(N2CCC(N)C2)n1. The van der Waals surface area contributed by atoms with Gasteiger partial charge in [-0.05, 0) is 44.5 Å². The molecule has 10 nitrogen and oxygen atoms in total. The lowest BCUT2D eigenvalue weighted by Crippen LogP contribution is -2.65. The predicted molar refractivity (Wildman–Crippen MR) is 151 cm³/mol. The molecule has 3 saturated heterocycles. The highest BCUT2D eigenvalue weighted by Gasteiger charge is 2.37. The van der Waals surface area contributed by atoms with Crippen molar-refractivity contribution in [3.05, 3.63) is 47.8 Å². The number of aliphatic hydroxyl groups is 1. The molecule has 5 heterocycles. The fourth-order valence-electron chi connectivity index (χ4n) is 6.10. The van der Waals surface area contributed by atoms with E-state index in [1.807, 2.05) is 12.1 Å². The van der Waals surface area contributed by atoms with Gasteiger partial charge in [0.1, 0.15) is 11.9 Å². The van der Waals surface area contributed by atoms with E-state index in [-0.39, 0.29) is 6.04 Å². The second-order valence-electron chi connectivity index (χ2n) is 10.4. The molecular formula is C28H37N9O. The van der Waals surface area contributed by atoms with Gasteiger partial charge in [-0.25, -0.2) is 4.98 Å². The molecule has 2 aromatic heterocycles. The lowest BCUT2D eigenvalue weighted by atomic mass is 10.0. The Balaban J connectivity index is 0.00000144. The van der Waals surface area contributed by atoms with Gasteiger partial charge in [0.15, 0.2) is 0 Å². The Bertz CT molecular complexity index is 1330. The number of aryl methyl sites for hydroxylation is 1. The Hall–Kier alpha value is -3.52. The Morgan fingerprint density at radius 1 is 1.00 bits per heavy atom. The molecule has 3 aliphatic rings. The number of anilines is 3. The van der Waals surface area contributed by atoms with Crippen molar-refractivity contribution in [2.75, 3.05) is 67.6 Å². The number of benzene rings is 1. The minimum absolute atomic E-state index is 0.198. The molecule has 0 radical (unpaired) electrons. The van der Waals surface area contributed by atoms with E-state index in [1.165, 1.54) is 0 Å². The summed E-state index contributed by atoms with van der Waals surface area (Å²) >= 11 is 0. The molecule has 0 amide bonds. The number of nitrogens with two attached hydrogens (primary N) is 1. The van der Waals surface area contributed by atoms with Crippen LogP contribution in [0.1, 0.15) is 24.6 Å². The van der Waals surface area contributed by atoms with Crippen molar-refractivity contribution >= 4 is 28.4 Å². The fraction of sp³-hybridized carbons (Fsp3) is 0.500. The molecule has 0 aliphatic carbocycles. The smallest absolute Gasteiger partial charge is 0.227 e. The molecule has 0 spiro atoms. The van der Waals surface area contributed by atoms with Crippen LogP contribution in [-0.4, -0.2) is 96.0 Å². The molecule has 3 unspecified atom stereocenters. The maximum Gasteiger partial charge on any atom is 0.227 e. The fourth-order valence-corrected chi connectivity index (χ4v) is 6.10. The average molecular weight is 516 g/mol. The van der Waals surface area contributed by atoms with Crippen molar-refractivity contribution in [1.29, 1.82) is 5.26 Å². The zero-order chi connectivity index (χ0) is 26.8. The molecule has 3 N–H and O–H groups in total. The average Bonchev–Trinajstić information content (AvgIpc) is 3.39. The number of rotatable bonds is 3. The van der Waals surface area contributed by atoms with E-state index in [0.29, 0.717) is 17.6 Å². The molecule has 0 bridgehead atoms. The van der Waals surface area contributed by atoms with E-state index >= 15 is 0 Å². The number of hydrogen-bond acceptors (Lipinski definition) is 10. The Kier molecular flexibility index (Phi) is 7.61. The van der Waals surface area contributed by atoms with Crippen LogP contribution in [0.25, 0.3) is 10.9 Å². The topological polar surface area (TPSA) is 122 Å². The van der Waals surface area contributed by atoms with Crippen LogP contribution in [0.4, 0.5) is 17.5 Å². The van der Waals surface area contributed by atoms with Crippen LogP contribution in [0.2, 0.25) is 0 Å². The minimum atomic E-state index is 0.198. The third-order valence-electron chi connectivity index (χ3n) is 7.88. The standard InChI is InChI=1S/C27H33N9.CH4O/c1-18-12-25(32-27(31-18)34-9-7-21(29)15-34)33-10-11-36-19(2)14-35(17-22(36)16-33)24-6-5-20(13-28)26-23(24)4-3-8-30-26;1-2/h3-6,8,12,19,21-22H,7,9-11,14-17,29H2,1-2H3;2H,1H3. The highest BCUT2D eigenvalue weighted by Crippen LogP contribution is 2.32. The van der Waals surface area contributed by atoms with Gasteiger partial charge in [-0.15, -0.1) is 0 Å². The number of piperazine rings is 2. The zero-order valence-electron chi connectivity index (χ0n) is 22.5. The van der Waals surface area contributed by atoms with Crippen LogP contribution in [0.15, 0.2) is 36.5 Å².